The molecule has 12 heteroatoms. The Labute approximate surface area is 177 Å². The van der Waals surface area contributed by atoms with Crippen LogP contribution in [0.1, 0.15) is 5.56 Å². The van der Waals surface area contributed by atoms with Crippen molar-refractivity contribution in [2.75, 3.05) is 5.75 Å². The van der Waals surface area contributed by atoms with Crippen molar-refractivity contribution >= 4 is 51.0 Å². The number of halogens is 1. The first-order valence-corrected chi connectivity index (χ1v) is 10.6. The highest BCUT2D eigenvalue weighted by molar-refractivity contribution is 7.92. The number of carboxylic acid groups (broad SMARTS) is 2. The lowest BCUT2D eigenvalue weighted by atomic mass is 9.93. The van der Waals surface area contributed by atoms with Crippen LogP contribution in [0.15, 0.2) is 30.5 Å². The molecule has 0 bridgehead atoms. The number of aliphatic carboxylic acids is 2. The normalized spacial score (nSPS) is 29.4. The Hall–Kier alpha value is -2.63. The molecule has 1 saturated carbocycles. The van der Waals surface area contributed by atoms with Gasteiger partial charge in [-0.2, -0.15) is 0 Å². The van der Waals surface area contributed by atoms with Crippen LogP contribution in [0.4, 0.5) is 0 Å². The lowest BCUT2D eigenvalue weighted by molar-refractivity contribution is -0.148. The topological polar surface area (TPSA) is 180 Å². The zero-order chi connectivity index (χ0) is 21.1. The van der Waals surface area contributed by atoms with E-state index in [-0.39, 0.29) is 18.8 Å². The number of carbonyl (C=O) groups excluding carboxylic acids is 1. The average molecular weight is 458 g/mol. The molecule has 4 rings (SSSR count). The number of benzene rings is 1. The summed E-state index contributed by atoms with van der Waals surface area (Å²) in [5.41, 5.74) is 5.38. The molecule has 0 unspecified atom stereocenters. The van der Waals surface area contributed by atoms with Crippen molar-refractivity contribution in [2.45, 2.75) is 23.3 Å². The summed E-state index contributed by atoms with van der Waals surface area (Å²) in [5.74, 6) is -7.23. The van der Waals surface area contributed by atoms with Crippen molar-refractivity contribution in [3.05, 3.63) is 36.0 Å². The van der Waals surface area contributed by atoms with Gasteiger partial charge in [0.05, 0.1) is 23.0 Å². The largest absolute Gasteiger partial charge is 0.481 e. The minimum atomic E-state index is -3.97. The quantitative estimate of drug-likeness (QED) is 0.386. The lowest BCUT2D eigenvalue weighted by Crippen LogP contribution is -2.62. The Morgan fingerprint density at radius 2 is 1.93 bits per heavy atom. The van der Waals surface area contributed by atoms with E-state index < -0.39 is 62.1 Å². The first-order valence-electron chi connectivity index (χ1n) is 8.89. The SMILES string of the molecule is Cl.N[C@@H](Cc1c[nH]c2ccccc12)C(=O)N[C@@]1(C(=O)O)CS(=O)(=O)[C@H]2[C@H](C(=O)O)[C@H]21. The fraction of sp³-hybridized carbons (Fsp3) is 0.389. The molecule has 0 spiro atoms. The molecule has 2 fully saturated rings. The van der Waals surface area contributed by atoms with Gasteiger partial charge in [-0.3, -0.25) is 9.59 Å². The van der Waals surface area contributed by atoms with Gasteiger partial charge in [0.1, 0.15) is 0 Å². The minimum Gasteiger partial charge on any atom is -0.481 e. The number of hydrogen-bond acceptors (Lipinski definition) is 6. The number of carbonyl (C=O) groups is 3. The number of nitrogens with two attached hydrogens (primary N) is 1. The van der Waals surface area contributed by atoms with Gasteiger partial charge in [-0.25, -0.2) is 13.2 Å². The molecule has 2 aliphatic rings. The van der Waals surface area contributed by atoms with Gasteiger partial charge in [-0.05, 0) is 18.1 Å². The Balaban J connectivity index is 0.00000256. The molecule has 162 valence electrons. The Kier molecular flexibility index (Phi) is 5.34. The van der Waals surface area contributed by atoms with Crippen molar-refractivity contribution in [3.8, 4) is 0 Å². The van der Waals surface area contributed by atoms with Gasteiger partial charge in [0, 0.05) is 23.0 Å². The lowest BCUT2D eigenvalue weighted by Gasteiger charge is -2.28. The number of rotatable bonds is 6. The molecule has 0 radical (unpaired) electrons. The summed E-state index contributed by atoms with van der Waals surface area (Å²) in [5, 5.41) is 20.8. The fourth-order valence-corrected chi connectivity index (χ4v) is 7.15. The molecular weight excluding hydrogens is 438 g/mol. The summed E-state index contributed by atoms with van der Waals surface area (Å²) in [4.78, 5) is 39.0. The molecule has 2 heterocycles. The average Bonchev–Trinajstić information content (AvgIpc) is 3.24. The van der Waals surface area contributed by atoms with Crippen molar-refractivity contribution in [1.29, 1.82) is 0 Å². The molecule has 1 saturated heterocycles. The first kappa shape index (κ1) is 22.1. The van der Waals surface area contributed by atoms with Gasteiger partial charge in [-0.15, -0.1) is 12.4 Å². The number of hydrogen-bond donors (Lipinski definition) is 5. The van der Waals surface area contributed by atoms with E-state index >= 15 is 0 Å². The second kappa shape index (κ2) is 7.25. The number of carboxylic acids is 2. The summed E-state index contributed by atoms with van der Waals surface area (Å²) in [6, 6.07) is 6.23. The summed E-state index contributed by atoms with van der Waals surface area (Å²) in [6.45, 7) is 0. The van der Waals surface area contributed by atoms with Gasteiger partial charge in [-0.1, -0.05) is 18.2 Å². The van der Waals surface area contributed by atoms with Crippen LogP contribution >= 0.6 is 12.4 Å². The zero-order valence-electron chi connectivity index (χ0n) is 15.4. The van der Waals surface area contributed by atoms with E-state index in [1.54, 1.807) is 6.20 Å². The highest BCUT2D eigenvalue weighted by Crippen LogP contribution is 2.57. The van der Waals surface area contributed by atoms with Gasteiger partial charge in [0.2, 0.25) is 5.91 Å². The van der Waals surface area contributed by atoms with E-state index in [4.69, 9.17) is 5.73 Å². The predicted molar refractivity (Wildman–Crippen MR) is 108 cm³/mol. The van der Waals surface area contributed by atoms with E-state index in [1.165, 1.54) is 0 Å². The van der Waals surface area contributed by atoms with Gasteiger partial charge in [0.15, 0.2) is 15.4 Å². The van der Waals surface area contributed by atoms with Crippen molar-refractivity contribution in [3.63, 3.8) is 0 Å². The third kappa shape index (κ3) is 3.22. The standard InChI is InChI=1S/C18H19N3O7S.ClH/c19-10(5-8-6-20-11-4-2-1-3-9(8)11)15(22)21-18(17(25)26)7-29(27,28)14-12(13(14)18)16(23)24;/h1-4,6,10,12-14,20H,5,7,19H2,(H,21,22)(H,23,24)(H,25,26);1H/t10-,12+,13+,14-,18-;/m0./s1. The van der Waals surface area contributed by atoms with E-state index in [9.17, 15) is 33.0 Å². The summed E-state index contributed by atoms with van der Waals surface area (Å²) < 4.78 is 24.6. The van der Waals surface area contributed by atoms with Crippen LogP contribution in [-0.2, 0) is 30.6 Å². The third-order valence-corrected chi connectivity index (χ3v) is 8.10. The van der Waals surface area contributed by atoms with Crippen LogP contribution in [0.25, 0.3) is 10.9 Å². The van der Waals surface area contributed by atoms with Crippen LogP contribution in [0.2, 0.25) is 0 Å². The molecule has 2 aromatic rings. The van der Waals surface area contributed by atoms with Crippen LogP contribution < -0.4 is 11.1 Å². The van der Waals surface area contributed by atoms with Crippen LogP contribution in [0, 0.1) is 11.8 Å². The summed E-state index contributed by atoms with van der Waals surface area (Å²) in [6.07, 6.45) is 1.79. The maximum absolute atomic E-state index is 12.7. The Morgan fingerprint density at radius 3 is 2.53 bits per heavy atom. The first-order chi connectivity index (χ1) is 13.6. The maximum Gasteiger partial charge on any atom is 0.330 e. The van der Waals surface area contributed by atoms with Gasteiger partial charge in [0.25, 0.3) is 0 Å². The molecule has 10 nitrogen and oxygen atoms in total. The molecular formula is C18H20ClN3O7S. The van der Waals surface area contributed by atoms with E-state index in [0.29, 0.717) is 0 Å². The van der Waals surface area contributed by atoms with E-state index in [0.717, 1.165) is 16.5 Å². The Morgan fingerprint density at radius 1 is 1.27 bits per heavy atom. The third-order valence-electron chi connectivity index (χ3n) is 5.83. The number of nitrogens with one attached hydrogen (secondary N) is 2. The smallest absolute Gasteiger partial charge is 0.330 e. The van der Waals surface area contributed by atoms with E-state index in [2.05, 4.69) is 10.3 Å². The summed E-state index contributed by atoms with van der Waals surface area (Å²) in [7, 11) is -3.97. The van der Waals surface area contributed by atoms with Crippen LogP contribution in [0.3, 0.4) is 0 Å². The molecule has 1 amide bonds. The maximum atomic E-state index is 12.7. The molecule has 1 aliphatic heterocycles. The molecule has 6 N–H and O–H groups in total. The van der Waals surface area contributed by atoms with Gasteiger partial charge >= 0.3 is 11.9 Å². The Bertz CT molecular complexity index is 1150. The van der Waals surface area contributed by atoms with Crippen molar-refractivity contribution in [2.24, 2.45) is 17.6 Å². The number of para-hydroxylation sites is 1. The summed E-state index contributed by atoms with van der Waals surface area (Å²) >= 11 is 0. The monoisotopic (exact) mass is 457 g/mol. The molecule has 1 aromatic heterocycles. The zero-order valence-corrected chi connectivity index (χ0v) is 17.1. The highest BCUT2D eigenvalue weighted by Gasteiger charge is 2.79. The second-order valence-electron chi connectivity index (χ2n) is 7.60. The number of sulfone groups is 1. The van der Waals surface area contributed by atoms with Crippen LogP contribution in [0.5, 0.6) is 0 Å². The van der Waals surface area contributed by atoms with Crippen molar-refractivity contribution < 1.29 is 33.0 Å². The minimum absolute atomic E-state index is 0. The fourth-order valence-electron chi connectivity index (χ4n) is 4.44. The number of H-pyrrole nitrogens is 1. The van der Waals surface area contributed by atoms with E-state index in [1.807, 2.05) is 24.3 Å². The molecule has 5 atom stereocenters. The molecule has 1 aromatic carbocycles. The number of amides is 1. The predicted octanol–water partition coefficient (Wildman–Crippen LogP) is -0.473. The number of aromatic nitrogens is 1. The van der Waals surface area contributed by atoms with Crippen molar-refractivity contribution in [1.82, 2.24) is 10.3 Å². The number of aromatic amines is 1. The molecule has 1 aliphatic carbocycles. The highest BCUT2D eigenvalue weighted by atomic mass is 35.5. The molecule has 30 heavy (non-hydrogen) atoms. The van der Waals surface area contributed by atoms with Gasteiger partial charge < -0.3 is 26.2 Å². The number of fused-ring (bicyclic) bond motifs is 2. The second-order valence-corrected chi connectivity index (χ2v) is 9.76. The van der Waals surface area contributed by atoms with Crippen LogP contribution in [-0.4, -0.2) is 64.0 Å².